The largest absolute Gasteiger partial charge is 0.478 e. The summed E-state index contributed by atoms with van der Waals surface area (Å²) in [6, 6.07) is 14.2. The Labute approximate surface area is 93.1 Å². The first kappa shape index (κ1) is 10.2. The van der Waals surface area contributed by atoms with Crippen molar-refractivity contribution in [3.8, 4) is 11.1 Å². The summed E-state index contributed by atoms with van der Waals surface area (Å²) in [6.07, 6.45) is 0. The first-order valence-corrected chi connectivity index (χ1v) is 4.87. The Hall–Kier alpha value is -2.29. The van der Waals surface area contributed by atoms with E-state index in [1.54, 1.807) is 24.3 Å². The summed E-state index contributed by atoms with van der Waals surface area (Å²) < 4.78 is 0. The minimum Gasteiger partial charge on any atom is -0.478 e. The molecule has 0 atom stereocenters. The van der Waals surface area contributed by atoms with Crippen molar-refractivity contribution >= 4 is 11.7 Å². The zero-order valence-corrected chi connectivity index (χ0v) is 8.55. The molecule has 3 heteroatoms. The summed E-state index contributed by atoms with van der Waals surface area (Å²) in [5.41, 5.74) is 8.63. The number of carboxylic acids is 1. The summed E-state index contributed by atoms with van der Waals surface area (Å²) in [5.74, 6) is -0.924. The molecule has 16 heavy (non-hydrogen) atoms. The van der Waals surface area contributed by atoms with Gasteiger partial charge < -0.3 is 10.8 Å². The van der Waals surface area contributed by atoms with Crippen LogP contribution in [0.25, 0.3) is 11.1 Å². The predicted octanol–water partition coefficient (Wildman–Crippen LogP) is 2.63. The van der Waals surface area contributed by atoms with Crippen LogP contribution in [0.5, 0.6) is 0 Å². The maximum absolute atomic E-state index is 10.7. The summed E-state index contributed by atoms with van der Waals surface area (Å²) in [5, 5.41) is 8.78. The number of carboxylic acid groups (broad SMARTS) is 1. The lowest BCUT2D eigenvalue weighted by atomic mass is 10.0. The predicted molar refractivity (Wildman–Crippen MR) is 63.2 cm³/mol. The third-order valence-electron chi connectivity index (χ3n) is 2.40. The highest BCUT2D eigenvalue weighted by molar-refractivity contribution is 5.88. The second kappa shape index (κ2) is 4.06. The van der Waals surface area contributed by atoms with Crippen LogP contribution >= 0.6 is 0 Å². The second-order valence-electron chi connectivity index (χ2n) is 3.47. The van der Waals surface area contributed by atoms with E-state index in [0.717, 1.165) is 11.1 Å². The smallest absolute Gasteiger partial charge is 0.335 e. The zero-order valence-electron chi connectivity index (χ0n) is 8.55. The Morgan fingerprint density at radius 3 is 2.19 bits per heavy atom. The molecule has 3 N–H and O–H groups in total. The molecule has 0 radical (unpaired) electrons. The fraction of sp³-hybridized carbons (Fsp3) is 0. The molecule has 0 amide bonds. The number of rotatable bonds is 2. The van der Waals surface area contributed by atoms with Crippen LogP contribution in [-0.4, -0.2) is 11.1 Å². The number of hydrogen-bond donors (Lipinski definition) is 2. The molecular weight excluding hydrogens is 202 g/mol. The fourth-order valence-electron chi connectivity index (χ4n) is 1.55. The minimum absolute atomic E-state index is 0.276. The molecule has 3 nitrogen and oxygen atoms in total. The molecule has 0 aromatic heterocycles. The van der Waals surface area contributed by atoms with E-state index in [-0.39, 0.29) is 5.56 Å². The summed E-state index contributed by atoms with van der Waals surface area (Å²) in [6.45, 7) is 0. The minimum atomic E-state index is -0.924. The van der Waals surface area contributed by atoms with Gasteiger partial charge in [-0.2, -0.15) is 0 Å². The number of para-hydroxylation sites is 1. The van der Waals surface area contributed by atoms with Gasteiger partial charge in [-0.25, -0.2) is 4.79 Å². The molecular formula is C13H11NO2. The molecule has 0 saturated heterocycles. The highest BCUT2D eigenvalue weighted by Crippen LogP contribution is 2.25. The lowest BCUT2D eigenvalue weighted by molar-refractivity contribution is 0.0697. The molecule has 0 heterocycles. The first-order valence-electron chi connectivity index (χ1n) is 4.87. The zero-order chi connectivity index (χ0) is 11.5. The van der Waals surface area contributed by atoms with Crippen molar-refractivity contribution in [2.75, 3.05) is 5.73 Å². The van der Waals surface area contributed by atoms with E-state index in [1.807, 2.05) is 24.3 Å². The number of carbonyl (C=O) groups is 1. The standard InChI is InChI=1S/C13H11NO2/c14-12-4-2-1-3-11(12)9-5-7-10(8-6-9)13(15)16/h1-8H,14H2,(H,15,16). The van der Waals surface area contributed by atoms with Gasteiger partial charge in [-0.15, -0.1) is 0 Å². The molecule has 0 aliphatic rings. The van der Waals surface area contributed by atoms with Gasteiger partial charge in [-0.05, 0) is 23.8 Å². The molecule has 0 aliphatic carbocycles. The van der Waals surface area contributed by atoms with Gasteiger partial charge in [0.05, 0.1) is 5.56 Å². The summed E-state index contributed by atoms with van der Waals surface area (Å²) in [7, 11) is 0. The van der Waals surface area contributed by atoms with E-state index in [0.29, 0.717) is 5.69 Å². The third kappa shape index (κ3) is 1.88. The highest BCUT2D eigenvalue weighted by Gasteiger charge is 2.04. The molecule has 0 spiro atoms. The maximum Gasteiger partial charge on any atom is 0.335 e. The van der Waals surface area contributed by atoms with Gasteiger partial charge >= 0.3 is 5.97 Å². The lowest BCUT2D eigenvalue weighted by Gasteiger charge is -2.05. The van der Waals surface area contributed by atoms with Crippen LogP contribution < -0.4 is 5.73 Å². The van der Waals surface area contributed by atoms with Gasteiger partial charge in [0, 0.05) is 11.3 Å². The van der Waals surface area contributed by atoms with Crippen LogP contribution in [0.4, 0.5) is 5.69 Å². The van der Waals surface area contributed by atoms with Crippen molar-refractivity contribution in [1.82, 2.24) is 0 Å². The SMILES string of the molecule is Nc1ccccc1-c1ccc(C(=O)O)cc1. The van der Waals surface area contributed by atoms with Crippen molar-refractivity contribution in [2.24, 2.45) is 0 Å². The van der Waals surface area contributed by atoms with Crippen LogP contribution in [-0.2, 0) is 0 Å². The molecule has 0 bridgehead atoms. The first-order chi connectivity index (χ1) is 7.68. The Morgan fingerprint density at radius 1 is 1.00 bits per heavy atom. The summed E-state index contributed by atoms with van der Waals surface area (Å²) >= 11 is 0. The van der Waals surface area contributed by atoms with Crippen LogP contribution in [0.2, 0.25) is 0 Å². The van der Waals surface area contributed by atoms with Crippen molar-refractivity contribution in [3.05, 3.63) is 54.1 Å². The number of benzene rings is 2. The average Bonchev–Trinajstić information content (AvgIpc) is 2.30. The molecule has 80 valence electrons. The molecule has 0 aliphatic heterocycles. The van der Waals surface area contributed by atoms with Crippen molar-refractivity contribution in [1.29, 1.82) is 0 Å². The Morgan fingerprint density at radius 2 is 1.62 bits per heavy atom. The van der Waals surface area contributed by atoms with Crippen molar-refractivity contribution in [3.63, 3.8) is 0 Å². The highest BCUT2D eigenvalue weighted by atomic mass is 16.4. The average molecular weight is 213 g/mol. The molecule has 2 aromatic rings. The van der Waals surface area contributed by atoms with E-state index in [1.165, 1.54) is 0 Å². The molecule has 2 rings (SSSR count). The van der Waals surface area contributed by atoms with Crippen LogP contribution in [0.15, 0.2) is 48.5 Å². The molecule has 2 aromatic carbocycles. The van der Waals surface area contributed by atoms with Gasteiger partial charge in [0.2, 0.25) is 0 Å². The van der Waals surface area contributed by atoms with Crippen LogP contribution in [0, 0.1) is 0 Å². The van der Waals surface area contributed by atoms with E-state index >= 15 is 0 Å². The van der Waals surface area contributed by atoms with Gasteiger partial charge in [0.15, 0.2) is 0 Å². The molecule has 0 fully saturated rings. The second-order valence-corrected chi connectivity index (χ2v) is 3.47. The van der Waals surface area contributed by atoms with Crippen molar-refractivity contribution in [2.45, 2.75) is 0 Å². The maximum atomic E-state index is 10.7. The Bertz CT molecular complexity index is 518. The Balaban J connectivity index is 2.43. The lowest BCUT2D eigenvalue weighted by Crippen LogP contribution is -1.95. The van der Waals surface area contributed by atoms with Gasteiger partial charge in [-0.3, -0.25) is 0 Å². The number of nitrogens with two attached hydrogens (primary N) is 1. The van der Waals surface area contributed by atoms with E-state index in [4.69, 9.17) is 10.8 Å². The number of anilines is 1. The molecule has 0 unspecified atom stereocenters. The quantitative estimate of drug-likeness (QED) is 0.754. The third-order valence-corrected chi connectivity index (χ3v) is 2.40. The summed E-state index contributed by atoms with van der Waals surface area (Å²) in [4.78, 5) is 10.7. The van der Waals surface area contributed by atoms with Gasteiger partial charge in [-0.1, -0.05) is 30.3 Å². The monoisotopic (exact) mass is 213 g/mol. The van der Waals surface area contributed by atoms with Gasteiger partial charge in [0.25, 0.3) is 0 Å². The van der Waals surface area contributed by atoms with Crippen LogP contribution in [0.1, 0.15) is 10.4 Å². The van der Waals surface area contributed by atoms with Gasteiger partial charge in [0.1, 0.15) is 0 Å². The van der Waals surface area contributed by atoms with E-state index in [9.17, 15) is 4.79 Å². The number of aromatic carboxylic acids is 1. The topological polar surface area (TPSA) is 63.3 Å². The normalized spacial score (nSPS) is 10.0. The number of hydrogen-bond acceptors (Lipinski definition) is 2. The fourth-order valence-corrected chi connectivity index (χ4v) is 1.55. The Kier molecular flexibility index (Phi) is 2.60. The van der Waals surface area contributed by atoms with Crippen LogP contribution in [0.3, 0.4) is 0 Å². The molecule has 0 saturated carbocycles. The van der Waals surface area contributed by atoms with Crippen molar-refractivity contribution < 1.29 is 9.90 Å². The van der Waals surface area contributed by atoms with E-state index < -0.39 is 5.97 Å². The number of nitrogen functional groups attached to an aromatic ring is 1. The van der Waals surface area contributed by atoms with E-state index in [2.05, 4.69) is 0 Å².